The van der Waals surface area contributed by atoms with Crippen LogP contribution in [0.5, 0.6) is 10.8 Å². The maximum absolute atomic E-state index is 10.7. The summed E-state index contributed by atoms with van der Waals surface area (Å²) in [6, 6.07) is 10.8. The molecule has 16 heavy (non-hydrogen) atoms. The molecule has 0 spiro atoms. The molecule has 0 aliphatic rings. The van der Waals surface area contributed by atoms with Crippen molar-refractivity contribution in [1.29, 1.82) is 0 Å². The largest absolute Gasteiger partial charge is 0.477 e. The van der Waals surface area contributed by atoms with Crippen molar-refractivity contribution in [3.05, 3.63) is 46.8 Å². The SMILES string of the molecule is Cc1ccc(Oc2ccc(C(=O)O)s2)cc1. The lowest BCUT2D eigenvalue weighted by atomic mass is 10.2. The lowest BCUT2D eigenvalue weighted by Crippen LogP contribution is -1.89. The van der Waals surface area contributed by atoms with Crippen LogP contribution in [0.1, 0.15) is 15.2 Å². The van der Waals surface area contributed by atoms with Crippen molar-refractivity contribution in [3.63, 3.8) is 0 Å². The quantitative estimate of drug-likeness (QED) is 0.883. The summed E-state index contributed by atoms with van der Waals surface area (Å²) in [6.07, 6.45) is 0. The Morgan fingerprint density at radius 1 is 1.19 bits per heavy atom. The minimum absolute atomic E-state index is 0.280. The number of carbonyl (C=O) groups is 1. The van der Waals surface area contributed by atoms with Gasteiger partial charge in [0.1, 0.15) is 10.6 Å². The zero-order valence-corrected chi connectivity index (χ0v) is 9.45. The number of rotatable bonds is 3. The first kappa shape index (κ1) is 10.7. The van der Waals surface area contributed by atoms with E-state index in [4.69, 9.17) is 9.84 Å². The average molecular weight is 234 g/mol. The van der Waals surface area contributed by atoms with E-state index in [1.54, 1.807) is 6.07 Å². The second kappa shape index (κ2) is 4.37. The summed E-state index contributed by atoms with van der Waals surface area (Å²) in [5.74, 6) is -0.215. The summed E-state index contributed by atoms with van der Waals surface area (Å²) in [6.45, 7) is 2.00. The van der Waals surface area contributed by atoms with Crippen LogP contribution in [-0.4, -0.2) is 11.1 Å². The van der Waals surface area contributed by atoms with Crippen LogP contribution < -0.4 is 4.74 Å². The molecule has 2 aromatic rings. The highest BCUT2D eigenvalue weighted by molar-refractivity contribution is 7.15. The average Bonchev–Trinajstić information content (AvgIpc) is 2.70. The second-order valence-corrected chi connectivity index (χ2v) is 4.39. The number of benzene rings is 1. The number of aromatic carboxylic acids is 1. The van der Waals surface area contributed by atoms with Gasteiger partial charge in [0.15, 0.2) is 5.06 Å². The van der Waals surface area contributed by atoms with Gasteiger partial charge in [-0.05, 0) is 31.2 Å². The van der Waals surface area contributed by atoms with Crippen LogP contribution in [0.4, 0.5) is 0 Å². The van der Waals surface area contributed by atoms with Crippen LogP contribution in [0.15, 0.2) is 36.4 Å². The Morgan fingerprint density at radius 2 is 1.88 bits per heavy atom. The van der Waals surface area contributed by atoms with E-state index < -0.39 is 5.97 Å². The predicted molar refractivity (Wildman–Crippen MR) is 62.5 cm³/mol. The van der Waals surface area contributed by atoms with Crippen LogP contribution in [-0.2, 0) is 0 Å². The maximum Gasteiger partial charge on any atom is 0.345 e. The van der Waals surface area contributed by atoms with Crippen LogP contribution in [0.2, 0.25) is 0 Å². The van der Waals surface area contributed by atoms with Crippen LogP contribution in [0, 0.1) is 6.92 Å². The van der Waals surface area contributed by atoms with E-state index in [9.17, 15) is 4.79 Å². The fourth-order valence-electron chi connectivity index (χ4n) is 1.21. The second-order valence-electron chi connectivity index (χ2n) is 3.34. The van der Waals surface area contributed by atoms with Gasteiger partial charge in [0.05, 0.1) is 0 Å². The molecule has 0 aliphatic heterocycles. The van der Waals surface area contributed by atoms with E-state index >= 15 is 0 Å². The van der Waals surface area contributed by atoms with E-state index in [0.29, 0.717) is 10.8 Å². The fraction of sp³-hybridized carbons (Fsp3) is 0.0833. The lowest BCUT2D eigenvalue weighted by Gasteiger charge is -2.02. The van der Waals surface area contributed by atoms with Gasteiger partial charge in [-0.3, -0.25) is 0 Å². The molecular formula is C12H10O3S. The highest BCUT2D eigenvalue weighted by Crippen LogP contribution is 2.29. The van der Waals surface area contributed by atoms with Crippen molar-refractivity contribution < 1.29 is 14.6 Å². The number of carboxylic acid groups (broad SMARTS) is 1. The van der Waals surface area contributed by atoms with Crippen molar-refractivity contribution in [3.8, 4) is 10.8 Å². The molecule has 1 N–H and O–H groups in total. The molecule has 0 aliphatic carbocycles. The molecule has 1 aromatic heterocycles. The molecule has 0 saturated carbocycles. The molecule has 0 atom stereocenters. The van der Waals surface area contributed by atoms with E-state index in [2.05, 4.69) is 0 Å². The number of ether oxygens (including phenoxy) is 1. The summed E-state index contributed by atoms with van der Waals surface area (Å²) < 4.78 is 5.52. The maximum atomic E-state index is 10.7. The van der Waals surface area contributed by atoms with Crippen molar-refractivity contribution in [2.45, 2.75) is 6.92 Å². The number of thiophene rings is 1. The summed E-state index contributed by atoms with van der Waals surface area (Å²) >= 11 is 1.12. The molecule has 3 nitrogen and oxygen atoms in total. The highest BCUT2D eigenvalue weighted by atomic mass is 32.1. The Hall–Kier alpha value is -1.81. The molecule has 0 bridgehead atoms. The summed E-state index contributed by atoms with van der Waals surface area (Å²) in [5, 5.41) is 9.34. The Morgan fingerprint density at radius 3 is 2.44 bits per heavy atom. The van der Waals surface area contributed by atoms with Gasteiger partial charge in [0.2, 0.25) is 0 Å². The highest BCUT2D eigenvalue weighted by Gasteiger charge is 2.07. The monoisotopic (exact) mass is 234 g/mol. The van der Waals surface area contributed by atoms with Crippen LogP contribution in [0.25, 0.3) is 0 Å². The number of aryl methyl sites for hydroxylation is 1. The smallest absolute Gasteiger partial charge is 0.345 e. The number of hydrogen-bond acceptors (Lipinski definition) is 3. The van der Waals surface area contributed by atoms with Gasteiger partial charge in [0, 0.05) is 0 Å². The van der Waals surface area contributed by atoms with Crippen molar-refractivity contribution in [2.75, 3.05) is 0 Å². The lowest BCUT2D eigenvalue weighted by molar-refractivity contribution is 0.0702. The van der Waals surface area contributed by atoms with Gasteiger partial charge in [-0.15, -0.1) is 0 Å². The van der Waals surface area contributed by atoms with E-state index in [0.717, 1.165) is 16.9 Å². The van der Waals surface area contributed by atoms with Gasteiger partial charge in [-0.2, -0.15) is 0 Å². The molecule has 1 heterocycles. The predicted octanol–water partition coefficient (Wildman–Crippen LogP) is 3.55. The zero-order valence-electron chi connectivity index (χ0n) is 8.64. The Bertz CT molecular complexity index is 499. The summed E-state index contributed by atoms with van der Waals surface area (Å²) in [4.78, 5) is 10.9. The molecule has 0 unspecified atom stereocenters. The Kier molecular flexibility index (Phi) is 2.92. The van der Waals surface area contributed by atoms with Crippen molar-refractivity contribution >= 4 is 17.3 Å². The Labute approximate surface area is 96.9 Å². The number of hydrogen-bond donors (Lipinski definition) is 1. The van der Waals surface area contributed by atoms with Crippen LogP contribution >= 0.6 is 11.3 Å². The molecule has 4 heteroatoms. The topological polar surface area (TPSA) is 46.5 Å². The van der Waals surface area contributed by atoms with Gasteiger partial charge in [-0.1, -0.05) is 29.0 Å². The third kappa shape index (κ3) is 2.41. The molecule has 82 valence electrons. The molecule has 0 saturated heterocycles. The van der Waals surface area contributed by atoms with E-state index in [1.165, 1.54) is 6.07 Å². The third-order valence-electron chi connectivity index (χ3n) is 2.03. The molecule has 2 rings (SSSR count). The van der Waals surface area contributed by atoms with Crippen molar-refractivity contribution in [2.24, 2.45) is 0 Å². The Balaban J connectivity index is 2.14. The first-order chi connectivity index (χ1) is 7.65. The van der Waals surface area contributed by atoms with Gasteiger partial charge in [-0.25, -0.2) is 4.79 Å². The standard InChI is InChI=1S/C12H10O3S/c1-8-2-4-9(5-3-8)15-11-7-6-10(16-11)12(13)14/h2-7H,1H3,(H,13,14). The molecular weight excluding hydrogens is 224 g/mol. The molecule has 0 radical (unpaired) electrons. The van der Waals surface area contributed by atoms with E-state index in [-0.39, 0.29) is 4.88 Å². The van der Waals surface area contributed by atoms with Gasteiger partial charge in [0.25, 0.3) is 0 Å². The molecule has 1 aromatic carbocycles. The zero-order chi connectivity index (χ0) is 11.5. The van der Waals surface area contributed by atoms with Crippen LogP contribution in [0.3, 0.4) is 0 Å². The fourth-order valence-corrected chi connectivity index (χ4v) is 1.93. The number of carboxylic acids is 1. The summed E-state index contributed by atoms with van der Waals surface area (Å²) in [7, 11) is 0. The molecule has 0 amide bonds. The summed E-state index contributed by atoms with van der Waals surface area (Å²) in [5.41, 5.74) is 1.16. The first-order valence-corrected chi connectivity index (χ1v) is 5.54. The van der Waals surface area contributed by atoms with Gasteiger partial charge < -0.3 is 9.84 Å². The minimum Gasteiger partial charge on any atom is -0.477 e. The minimum atomic E-state index is -0.927. The van der Waals surface area contributed by atoms with Gasteiger partial charge >= 0.3 is 5.97 Å². The first-order valence-electron chi connectivity index (χ1n) is 4.73. The van der Waals surface area contributed by atoms with E-state index in [1.807, 2.05) is 31.2 Å². The van der Waals surface area contributed by atoms with Crippen molar-refractivity contribution in [1.82, 2.24) is 0 Å². The third-order valence-corrected chi connectivity index (χ3v) is 2.98. The molecule has 0 fully saturated rings. The normalized spacial score (nSPS) is 10.1.